The van der Waals surface area contributed by atoms with Crippen LogP contribution in [0.3, 0.4) is 0 Å². The zero-order valence-corrected chi connectivity index (χ0v) is 10.5. The summed E-state index contributed by atoms with van der Waals surface area (Å²) in [6.45, 7) is 4.61. The largest absolute Gasteiger partial charge is 0.497 e. The smallest absolute Gasteiger partial charge is 0.110 e. The molecule has 3 unspecified atom stereocenters. The highest BCUT2D eigenvalue weighted by atomic mass is 16.5. The first kappa shape index (κ1) is 12.0. The van der Waals surface area contributed by atoms with Gasteiger partial charge in [-0.05, 0) is 43.7 Å². The highest BCUT2D eigenvalue weighted by Crippen LogP contribution is 2.28. The van der Waals surface area contributed by atoms with Gasteiger partial charge in [0.25, 0.3) is 0 Å². The Morgan fingerprint density at radius 2 is 2.06 bits per heavy atom. The fraction of sp³-hybridized carbons (Fsp3) is 0.857. The van der Waals surface area contributed by atoms with Crippen molar-refractivity contribution in [1.82, 2.24) is 5.32 Å². The molecule has 2 rings (SSSR count). The monoisotopic (exact) mass is 223 g/mol. The van der Waals surface area contributed by atoms with Crippen molar-refractivity contribution in [3.63, 3.8) is 0 Å². The normalized spacial score (nSPS) is 34.7. The van der Waals surface area contributed by atoms with E-state index < -0.39 is 0 Å². The second-order valence-electron chi connectivity index (χ2n) is 5.39. The fourth-order valence-electron chi connectivity index (χ4n) is 2.86. The Balaban J connectivity index is 1.61. The molecule has 2 nitrogen and oxygen atoms in total. The average Bonchev–Trinajstić information content (AvgIpc) is 2.33. The standard InChI is InChI=1S/C14H25NO/c1-12-6-2-3-7-13(12)10-15-11-14-8-4-5-9-16-14/h5,9,12-15H,2-4,6-8,10-11H2,1H3. The van der Waals surface area contributed by atoms with Crippen molar-refractivity contribution in [2.24, 2.45) is 11.8 Å². The summed E-state index contributed by atoms with van der Waals surface area (Å²) in [5.41, 5.74) is 0. The predicted molar refractivity (Wildman–Crippen MR) is 67.2 cm³/mol. The molecule has 0 bridgehead atoms. The summed E-state index contributed by atoms with van der Waals surface area (Å²) in [5.74, 6) is 1.81. The van der Waals surface area contributed by atoms with Crippen molar-refractivity contribution in [2.75, 3.05) is 13.1 Å². The second-order valence-corrected chi connectivity index (χ2v) is 5.39. The molecule has 92 valence electrons. The molecule has 0 aromatic heterocycles. The first-order valence-corrected chi connectivity index (χ1v) is 6.87. The van der Waals surface area contributed by atoms with Crippen LogP contribution >= 0.6 is 0 Å². The Bertz CT molecular complexity index is 227. The third-order valence-electron chi connectivity index (χ3n) is 4.09. The summed E-state index contributed by atoms with van der Waals surface area (Å²) < 4.78 is 5.55. The summed E-state index contributed by atoms with van der Waals surface area (Å²) in [6, 6.07) is 0. The average molecular weight is 223 g/mol. The number of nitrogens with one attached hydrogen (secondary N) is 1. The first-order chi connectivity index (χ1) is 7.86. The van der Waals surface area contributed by atoms with Crippen LogP contribution in [-0.2, 0) is 4.74 Å². The molecule has 1 N–H and O–H groups in total. The van der Waals surface area contributed by atoms with Crippen molar-refractivity contribution in [1.29, 1.82) is 0 Å². The van der Waals surface area contributed by atoms with Gasteiger partial charge in [0.1, 0.15) is 6.10 Å². The Morgan fingerprint density at radius 1 is 1.19 bits per heavy atom. The molecule has 3 atom stereocenters. The number of allylic oxidation sites excluding steroid dienone is 1. The molecule has 2 aliphatic rings. The molecule has 1 heterocycles. The van der Waals surface area contributed by atoms with Crippen molar-refractivity contribution < 1.29 is 4.74 Å². The van der Waals surface area contributed by atoms with Gasteiger partial charge in [-0.1, -0.05) is 26.2 Å². The van der Waals surface area contributed by atoms with Gasteiger partial charge in [0.15, 0.2) is 0 Å². The van der Waals surface area contributed by atoms with E-state index in [0.29, 0.717) is 6.10 Å². The zero-order chi connectivity index (χ0) is 11.2. The van der Waals surface area contributed by atoms with Gasteiger partial charge in [0, 0.05) is 6.54 Å². The lowest BCUT2D eigenvalue weighted by molar-refractivity contribution is 0.118. The van der Waals surface area contributed by atoms with Crippen LogP contribution in [0.4, 0.5) is 0 Å². The molecule has 0 amide bonds. The van der Waals surface area contributed by atoms with Crippen LogP contribution in [0.5, 0.6) is 0 Å². The summed E-state index contributed by atoms with van der Waals surface area (Å²) in [6.07, 6.45) is 12.4. The molecule has 16 heavy (non-hydrogen) atoms. The lowest BCUT2D eigenvalue weighted by Crippen LogP contribution is -2.35. The number of hydrogen-bond acceptors (Lipinski definition) is 2. The van der Waals surface area contributed by atoms with Gasteiger partial charge in [-0.15, -0.1) is 0 Å². The quantitative estimate of drug-likeness (QED) is 0.790. The molecule has 0 radical (unpaired) electrons. The molecular weight excluding hydrogens is 198 g/mol. The van der Waals surface area contributed by atoms with Gasteiger partial charge >= 0.3 is 0 Å². The first-order valence-electron chi connectivity index (χ1n) is 6.87. The zero-order valence-electron chi connectivity index (χ0n) is 10.5. The molecular formula is C14H25NO. The maximum absolute atomic E-state index is 5.55. The molecule has 0 saturated heterocycles. The van der Waals surface area contributed by atoms with Gasteiger partial charge in [0.2, 0.25) is 0 Å². The molecule has 0 aromatic carbocycles. The molecule has 1 fully saturated rings. The summed E-state index contributed by atoms with van der Waals surface area (Å²) in [4.78, 5) is 0. The van der Waals surface area contributed by atoms with Crippen LogP contribution < -0.4 is 5.32 Å². The van der Waals surface area contributed by atoms with E-state index in [0.717, 1.165) is 18.4 Å². The van der Waals surface area contributed by atoms with Crippen molar-refractivity contribution in [2.45, 2.75) is 51.6 Å². The van der Waals surface area contributed by atoms with Gasteiger partial charge in [-0.25, -0.2) is 0 Å². The highest BCUT2D eigenvalue weighted by Gasteiger charge is 2.21. The van der Waals surface area contributed by atoms with Crippen molar-refractivity contribution >= 4 is 0 Å². The van der Waals surface area contributed by atoms with Crippen LogP contribution in [0.1, 0.15) is 45.4 Å². The number of ether oxygens (including phenoxy) is 1. The minimum absolute atomic E-state index is 0.406. The van der Waals surface area contributed by atoms with Crippen LogP contribution in [0.25, 0.3) is 0 Å². The molecule has 0 spiro atoms. The van der Waals surface area contributed by atoms with Crippen molar-refractivity contribution in [3.8, 4) is 0 Å². The van der Waals surface area contributed by atoms with E-state index in [4.69, 9.17) is 4.74 Å². The Labute approximate surface area is 99.4 Å². The van der Waals surface area contributed by atoms with Crippen LogP contribution in [-0.4, -0.2) is 19.2 Å². The van der Waals surface area contributed by atoms with Gasteiger partial charge in [-0.3, -0.25) is 0 Å². The minimum atomic E-state index is 0.406. The third-order valence-corrected chi connectivity index (χ3v) is 4.09. The van der Waals surface area contributed by atoms with Crippen LogP contribution in [0.15, 0.2) is 12.3 Å². The molecule has 2 heteroatoms. The third kappa shape index (κ3) is 3.51. The minimum Gasteiger partial charge on any atom is -0.497 e. The number of rotatable bonds is 4. The van der Waals surface area contributed by atoms with E-state index in [-0.39, 0.29) is 0 Å². The predicted octanol–water partition coefficient (Wildman–Crippen LogP) is 3.10. The lowest BCUT2D eigenvalue weighted by Gasteiger charge is -2.29. The molecule has 1 aliphatic heterocycles. The molecule has 1 saturated carbocycles. The Hall–Kier alpha value is -0.500. The maximum Gasteiger partial charge on any atom is 0.110 e. The Kier molecular flexibility index (Phi) is 4.70. The maximum atomic E-state index is 5.55. The highest BCUT2D eigenvalue weighted by molar-refractivity contribution is 4.83. The molecule has 0 aromatic rings. The lowest BCUT2D eigenvalue weighted by atomic mass is 9.80. The van der Waals surface area contributed by atoms with Crippen molar-refractivity contribution in [3.05, 3.63) is 12.3 Å². The summed E-state index contributed by atoms with van der Waals surface area (Å²) >= 11 is 0. The summed E-state index contributed by atoms with van der Waals surface area (Å²) in [5, 5.41) is 3.60. The van der Waals surface area contributed by atoms with Crippen LogP contribution in [0, 0.1) is 11.8 Å². The van der Waals surface area contributed by atoms with Crippen LogP contribution in [0.2, 0.25) is 0 Å². The fourth-order valence-corrected chi connectivity index (χ4v) is 2.86. The van der Waals surface area contributed by atoms with E-state index in [1.165, 1.54) is 45.1 Å². The van der Waals surface area contributed by atoms with E-state index in [9.17, 15) is 0 Å². The van der Waals surface area contributed by atoms with E-state index in [1.54, 1.807) is 0 Å². The van der Waals surface area contributed by atoms with E-state index in [1.807, 2.05) is 6.26 Å². The van der Waals surface area contributed by atoms with E-state index >= 15 is 0 Å². The van der Waals surface area contributed by atoms with Gasteiger partial charge in [0.05, 0.1) is 6.26 Å². The second kappa shape index (κ2) is 6.29. The SMILES string of the molecule is CC1CCCCC1CNCC1CCC=CO1. The number of hydrogen-bond donors (Lipinski definition) is 1. The van der Waals surface area contributed by atoms with Gasteiger partial charge < -0.3 is 10.1 Å². The summed E-state index contributed by atoms with van der Waals surface area (Å²) in [7, 11) is 0. The Morgan fingerprint density at radius 3 is 2.81 bits per heavy atom. The molecule has 1 aliphatic carbocycles. The van der Waals surface area contributed by atoms with Gasteiger partial charge in [-0.2, -0.15) is 0 Å². The van der Waals surface area contributed by atoms with E-state index in [2.05, 4.69) is 18.3 Å². The topological polar surface area (TPSA) is 21.3 Å².